The average molecular weight is 204 g/mol. The highest BCUT2D eigenvalue weighted by molar-refractivity contribution is 5.85. The molecule has 14 heavy (non-hydrogen) atoms. The van der Waals surface area contributed by atoms with Crippen LogP contribution in [0.4, 0.5) is 0 Å². The van der Waals surface area contributed by atoms with Crippen molar-refractivity contribution in [2.24, 2.45) is 5.41 Å². The zero-order valence-electron chi connectivity index (χ0n) is 8.10. The lowest BCUT2D eigenvalue weighted by molar-refractivity contribution is -0.352. The number of carbonyl (C=O) groups excluding carboxylic acids is 2. The van der Waals surface area contributed by atoms with Gasteiger partial charge in [-0.1, -0.05) is 20.8 Å². The van der Waals surface area contributed by atoms with E-state index >= 15 is 0 Å². The number of rotatable bonds is 3. The van der Waals surface area contributed by atoms with Crippen LogP contribution in [-0.4, -0.2) is 33.9 Å². The van der Waals surface area contributed by atoms with E-state index in [-0.39, 0.29) is 0 Å². The monoisotopic (exact) mass is 204 g/mol. The molecular weight excluding hydrogens is 192 g/mol. The Kier molecular flexibility index (Phi) is 3.26. The minimum absolute atomic E-state index is 1.26. The second-order valence-electron chi connectivity index (χ2n) is 4.03. The summed E-state index contributed by atoms with van der Waals surface area (Å²) in [5.74, 6) is -4.12. The molecule has 2 N–H and O–H groups in total. The molecule has 0 aromatic carbocycles. The molecule has 0 saturated carbocycles. The Morgan fingerprint density at radius 1 is 1.21 bits per heavy atom. The predicted octanol–water partition coefficient (Wildman–Crippen LogP) is -3.38. The second kappa shape index (κ2) is 3.55. The van der Waals surface area contributed by atoms with E-state index in [1.807, 2.05) is 0 Å². The summed E-state index contributed by atoms with van der Waals surface area (Å²) >= 11 is 0. The third kappa shape index (κ3) is 1.85. The van der Waals surface area contributed by atoms with Gasteiger partial charge in [0.25, 0.3) is 0 Å². The van der Waals surface area contributed by atoms with Gasteiger partial charge in [0.15, 0.2) is 0 Å². The van der Waals surface area contributed by atoms with Crippen molar-refractivity contribution in [3.05, 3.63) is 0 Å². The molecule has 0 aromatic heterocycles. The first-order valence-electron chi connectivity index (χ1n) is 3.88. The number of hydrogen-bond donors (Lipinski definition) is 2. The summed E-state index contributed by atoms with van der Waals surface area (Å²) in [5.41, 5.74) is -4.28. The van der Waals surface area contributed by atoms with Crippen molar-refractivity contribution in [3.63, 3.8) is 0 Å². The van der Waals surface area contributed by atoms with Gasteiger partial charge in [0.1, 0.15) is 11.7 Å². The van der Waals surface area contributed by atoms with Gasteiger partial charge in [0, 0.05) is 0 Å². The molecule has 2 unspecified atom stereocenters. The molecule has 0 radical (unpaired) electrons. The predicted molar refractivity (Wildman–Crippen MR) is 40.4 cm³/mol. The topological polar surface area (TPSA) is 121 Å². The SMILES string of the molecule is CC(C)(C)C(O)(C(=O)[O-])C(O)C(=O)[O-]. The minimum Gasteiger partial charge on any atom is -0.547 e. The maximum absolute atomic E-state index is 10.6. The fourth-order valence-corrected chi connectivity index (χ4v) is 0.999. The largest absolute Gasteiger partial charge is 0.547 e. The van der Waals surface area contributed by atoms with E-state index in [0.717, 1.165) is 0 Å². The molecule has 0 aromatic rings. The van der Waals surface area contributed by atoms with Crippen molar-refractivity contribution in [2.75, 3.05) is 0 Å². The molecule has 82 valence electrons. The average Bonchev–Trinajstić information content (AvgIpc) is 1.98. The molecule has 0 rings (SSSR count). The maximum atomic E-state index is 10.6. The number of carboxylic acids is 2. The third-order valence-corrected chi connectivity index (χ3v) is 2.07. The van der Waals surface area contributed by atoms with Crippen LogP contribution >= 0.6 is 0 Å². The van der Waals surface area contributed by atoms with Crippen molar-refractivity contribution in [3.8, 4) is 0 Å². The number of aliphatic hydroxyl groups is 2. The van der Waals surface area contributed by atoms with E-state index in [9.17, 15) is 24.9 Å². The van der Waals surface area contributed by atoms with Crippen molar-refractivity contribution < 1.29 is 30.0 Å². The first-order chi connectivity index (χ1) is 6.05. The van der Waals surface area contributed by atoms with E-state index in [1.165, 1.54) is 20.8 Å². The number of carboxylic acid groups (broad SMARTS) is 2. The van der Waals surface area contributed by atoms with Crippen molar-refractivity contribution in [1.29, 1.82) is 0 Å². The molecule has 0 bridgehead atoms. The van der Waals surface area contributed by atoms with Gasteiger partial charge in [0.2, 0.25) is 0 Å². The zero-order chi connectivity index (χ0) is 11.7. The highest BCUT2D eigenvalue weighted by Gasteiger charge is 2.48. The second-order valence-corrected chi connectivity index (χ2v) is 4.03. The fraction of sp³-hybridized carbons (Fsp3) is 0.750. The van der Waals surface area contributed by atoms with Crippen molar-refractivity contribution in [2.45, 2.75) is 32.5 Å². The van der Waals surface area contributed by atoms with Gasteiger partial charge in [-0.25, -0.2) is 0 Å². The summed E-state index contributed by atoms with van der Waals surface area (Å²) in [4.78, 5) is 20.9. The lowest BCUT2D eigenvalue weighted by atomic mass is 9.73. The number of carbonyl (C=O) groups is 2. The highest BCUT2D eigenvalue weighted by Crippen LogP contribution is 2.32. The van der Waals surface area contributed by atoms with E-state index in [1.54, 1.807) is 0 Å². The standard InChI is InChI=1S/C8H14O6/c1-7(2,3)8(14,6(12)13)4(9)5(10)11/h4,9,14H,1-3H3,(H,10,11)(H,12,13)/p-2. The van der Waals surface area contributed by atoms with Crippen LogP contribution in [-0.2, 0) is 9.59 Å². The third-order valence-electron chi connectivity index (χ3n) is 2.07. The van der Waals surface area contributed by atoms with E-state index < -0.39 is 29.1 Å². The van der Waals surface area contributed by atoms with Crippen LogP contribution < -0.4 is 10.2 Å². The molecule has 0 saturated heterocycles. The van der Waals surface area contributed by atoms with Gasteiger partial charge in [-0.05, 0) is 5.41 Å². The van der Waals surface area contributed by atoms with Crippen LogP contribution in [0.15, 0.2) is 0 Å². The van der Waals surface area contributed by atoms with Gasteiger partial charge in [-0.3, -0.25) is 0 Å². The summed E-state index contributed by atoms with van der Waals surface area (Å²) < 4.78 is 0. The van der Waals surface area contributed by atoms with Crippen LogP contribution in [0.25, 0.3) is 0 Å². The van der Waals surface area contributed by atoms with E-state index in [2.05, 4.69) is 0 Å². The molecule has 0 aliphatic heterocycles. The van der Waals surface area contributed by atoms with Crippen molar-refractivity contribution >= 4 is 11.9 Å². The fourth-order valence-electron chi connectivity index (χ4n) is 0.999. The van der Waals surface area contributed by atoms with Gasteiger partial charge in [-0.15, -0.1) is 0 Å². The lowest BCUT2D eigenvalue weighted by Crippen LogP contribution is -2.67. The molecule has 0 aliphatic carbocycles. The smallest absolute Gasteiger partial charge is 0.140 e. The molecule has 0 aliphatic rings. The zero-order valence-corrected chi connectivity index (χ0v) is 8.10. The first-order valence-corrected chi connectivity index (χ1v) is 3.88. The van der Waals surface area contributed by atoms with Crippen LogP contribution in [0.1, 0.15) is 20.8 Å². The van der Waals surface area contributed by atoms with Crippen molar-refractivity contribution in [1.82, 2.24) is 0 Å². The minimum atomic E-state index is -2.88. The first kappa shape index (κ1) is 12.9. The molecule has 0 fully saturated rings. The molecule has 2 atom stereocenters. The summed E-state index contributed by atoms with van der Waals surface area (Å²) in [6.45, 7) is 3.78. The van der Waals surface area contributed by atoms with Crippen LogP contribution in [0.3, 0.4) is 0 Å². The summed E-state index contributed by atoms with van der Waals surface area (Å²) in [7, 11) is 0. The molecule has 6 nitrogen and oxygen atoms in total. The lowest BCUT2D eigenvalue weighted by Gasteiger charge is -2.44. The Balaban J connectivity index is 5.33. The maximum Gasteiger partial charge on any atom is 0.140 e. The summed E-state index contributed by atoms with van der Waals surface area (Å²) in [5, 5.41) is 39.4. The van der Waals surface area contributed by atoms with Crippen LogP contribution in [0.5, 0.6) is 0 Å². The molecule has 0 spiro atoms. The van der Waals surface area contributed by atoms with Crippen LogP contribution in [0, 0.1) is 5.41 Å². The Labute approximate surface area is 80.8 Å². The Bertz CT molecular complexity index is 253. The number of aliphatic carboxylic acids is 2. The van der Waals surface area contributed by atoms with Gasteiger partial charge >= 0.3 is 0 Å². The number of aliphatic hydroxyl groups excluding tert-OH is 1. The Hall–Kier alpha value is -1.14. The molecule has 0 heterocycles. The van der Waals surface area contributed by atoms with E-state index in [0.29, 0.717) is 0 Å². The summed E-state index contributed by atoms with van der Waals surface area (Å²) in [6, 6.07) is 0. The Morgan fingerprint density at radius 2 is 1.57 bits per heavy atom. The van der Waals surface area contributed by atoms with Crippen LogP contribution in [0.2, 0.25) is 0 Å². The molecule has 0 amide bonds. The van der Waals surface area contributed by atoms with Gasteiger partial charge < -0.3 is 30.0 Å². The molecule has 6 heteroatoms. The summed E-state index contributed by atoms with van der Waals surface area (Å²) in [6.07, 6.45) is -2.53. The van der Waals surface area contributed by atoms with Gasteiger partial charge in [-0.2, -0.15) is 0 Å². The molecular formula is C8H12O6-2. The van der Waals surface area contributed by atoms with Gasteiger partial charge in [0.05, 0.1) is 11.9 Å². The number of hydrogen-bond acceptors (Lipinski definition) is 6. The van der Waals surface area contributed by atoms with E-state index in [4.69, 9.17) is 5.11 Å². The Morgan fingerprint density at radius 3 is 1.64 bits per heavy atom. The highest BCUT2D eigenvalue weighted by atomic mass is 16.4. The quantitative estimate of drug-likeness (QED) is 0.495. The normalized spacial score (nSPS) is 18.4.